The van der Waals surface area contributed by atoms with E-state index in [4.69, 9.17) is 0 Å². The van der Waals surface area contributed by atoms with Gasteiger partial charge in [-0.15, -0.1) is 11.3 Å². The van der Waals surface area contributed by atoms with Crippen molar-refractivity contribution in [2.45, 2.75) is 18.6 Å². The quantitative estimate of drug-likeness (QED) is 0.775. The Morgan fingerprint density at radius 2 is 2.10 bits per heavy atom. The lowest BCUT2D eigenvalue weighted by Gasteiger charge is -2.08. The molecule has 1 N–H and O–H groups in total. The molecule has 1 aromatic heterocycles. The summed E-state index contributed by atoms with van der Waals surface area (Å²) in [7, 11) is 0. The number of fused-ring (bicyclic) bond motifs is 1. The van der Waals surface area contributed by atoms with E-state index in [9.17, 15) is 4.79 Å². The van der Waals surface area contributed by atoms with Crippen molar-refractivity contribution in [1.29, 1.82) is 0 Å². The van der Waals surface area contributed by atoms with Crippen LogP contribution in [0.4, 0.5) is 5.69 Å². The first-order chi connectivity index (χ1) is 10.3. The molecule has 0 aliphatic carbocycles. The van der Waals surface area contributed by atoms with E-state index in [1.54, 1.807) is 11.3 Å². The molecular weight excluding hydrogens is 366 g/mol. The lowest BCUT2D eigenvalue weighted by Crippen LogP contribution is -2.10. The van der Waals surface area contributed by atoms with Gasteiger partial charge in [0, 0.05) is 21.6 Å². The van der Waals surface area contributed by atoms with Gasteiger partial charge in [-0.3, -0.25) is 4.79 Å². The van der Waals surface area contributed by atoms with Gasteiger partial charge in [0.15, 0.2) is 0 Å². The molecule has 0 atom stereocenters. The van der Waals surface area contributed by atoms with Gasteiger partial charge in [-0.05, 0) is 47.9 Å². The summed E-state index contributed by atoms with van der Waals surface area (Å²) in [5.74, 6) is 2.22. The summed E-state index contributed by atoms with van der Waals surface area (Å²) >= 11 is 7.02. The molecule has 0 fully saturated rings. The maximum Gasteiger partial charge on any atom is 0.265 e. The third-order valence-corrected chi connectivity index (χ3v) is 6.09. The zero-order valence-corrected chi connectivity index (χ0v) is 14.7. The summed E-state index contributed by atoms with van der Waals surface area (Å²) in [6.07, 6.45) is 2.10. The highest BCUT2D eigenvalue weighted by molar-refractivity contribution is 9.09. The van der Waals surface area contributed by atoms with Crippen LogP contribution >= 0.6 is 39.0 Å². The highest BCUT2D eigenvalue weighted by Gasteiger charge is 2.17. The van der Waals surface area contributed by atoms with Gasteiger partial charge in [0.2, 0.25) is 0 Å². The molecule has 2 aromatic rings. The van der Waals surface area contributed by atoms with Crippen molar-refractivity contribution < 1.29 is 4.79 Å². The van der Waals surface area contributed by atoms with Crippen molar-refractivity contribution in [3.8, 4) is 0 Å². The second-order valence-electron chi connectivity index (χ2n) is 4.95. The molecule has 21 heavy (non-hydrogen) atoms. The fraction of sp³-hybridized carbons (Fsp3) is 0.312. The second kappa shape index (κ2) is 6.99. The van der Waals surface area contributed by atoms with Gasteiger partial charge in [0.1, 0.15) is 0 Å². The molecule has 5 heteroatoms. The number of carbonyl (C=O) groups excluding carboxylic acids is 1. The number of thiophene rings is 1. The largest absolute Gasteiger partial charge is 0.321 e. The number of hydrogen-bond donors (Lipinski definition) is 1. The lowest BCUT2D eigenvalue weighted by molar-refractivity contribution is 0.103. The highest BCUT2D eigenvalue weighted by Crippen LogP contribution is 2.32. The Labute approximate surface area is 141 Å². The van der Waals surface area contributed by atoms with Crippen LogP contribution < -0.4 is 5.32 Å². The molecule has 2 heterocycles. The zero-order chi connectivity index (χ0) is 14.7. The van der Waals surface area contributed by atoms with Crippen molar-refractivity contribution in [3.05, 3.63) is 51.2 Å². The molecule has 3 rings (SSSR count). The minimum Gasteiger partial charge on any atom is -0.321 e. The maximum absolute atomic E-state index is 12.3. The van der Waals surface area contributed by atoms with Gasteiger partial charge in [-0.2, -0.15) is 11.8 Å². The molecule has 0 saturated carbocycles. The minimum absolute atomic E-state index is 0.00708. The molecule has 1 aromatic carbocycles. The first kappa shape index (κ1) is 15.1. The Hall–Kier alpha value is -0.780. The smallest absolute Gasteiger partial charge is 0.265 e. The number of anilines is 1. The monoisotopic (exact) mass is 381 g/mol. The second-order valence-corrected chi connectivity index (χ2v) is 7.99. The summed E-state index contributed by atoms with van der Waals surface area (Å²) in [4.78, 5) is 14.5. The van der Waals surface area contributed by atoms with E-state index < -0.39 is 0 Å². The van der Waals surface area contributed by atoms with Crippen molar-refractivity contribution in [1.82, 2.24) is 0 Å². The Bertz CT molecular complexity index is 613. The van der Waals surface area contributed by atoms with E-state index in [2.05, 4.69) is 39.4 Å². The van der Waals surface area contributed by atoms with E-state index in [-0.39, 0.29) is 5.91 Å². The first-order valence-corrected chi connectivity index (χ1v) is 10.0. The highest BCUT2D eigenvalue weighted by atomic mass is 79.9. The Morgan fingerprint density at radius 1 is 1.29 bits per heavy atom. The van der Waals surface area contributed by atoms with E-state index in [0.717, 1.165) is 34.5 Å². The molecule has 0 radical (unpaired) electrons. The molecule has 0 unspecified atom stereocenters. The third-order valence-electron chi connectivity index (χ3n) is 3.45. The molecule has 1 aliphatic heterocycles. The van der Waals surface area contributed by atoms with Gasteiger partial charge < -0.3 is 5.32 Å². The van der Waals surface area contributed by atoms with Crippen LogP contribution in [-0.2, 0) is 18.6 Å². The third kappa shape index (κ3) is 3.71. The number of aryl methyl sites for hydroxylation is 2. The molecule has 1 aliphatic rings. The van der Waals surface area contributed by atoms with Crippen molar-refractivity contribution in [3.63, 3.8) is 0 Å². The van der Waals surface area contributed by atoms with Crippen LogP contribution in [0, 0.1) is 0 Å². The summed E-state index contributed by atoms with van der Waals surface area (Å²) in [5.41, 5.74) is 3.47. The Balaban J connectivity index is 1.69. The fourth-order valence-electron chi connectivity index (χ4n) is 2.32. The molecule has 110 valence electrons. The maximum atomic E-state index is 12.3. The number of benzene rings is 1. The first-order valence-electron chi connectivity index (χ1n) is 6.92. The fourth-order valence-corrected chi connectivity index (χ4v) is 5.04. The van der Waals surface area contributed by atoms with E-state index in [1.807, 2.05) is 23.9 Å². The van der Waals surface area contributed by atoms with Gasteiger partial charge in [-0.1, -0.05) is 28.1 Å². The average Bonchev–Trinajstić information content (AvgIpc) is 2.94. The molecule has 0 saturated heterocycles. The summed E-state index contributed by atoms with van der Waals surface area (Å²) in [5, 5.41) is 3.95. The SMILES string of the molecule is O=C(Nc1ccc(CCBr)cc1)c1cc2c(s1)CCSC2. The Kier molecular flexibility index (Phi) is 5.03. The molecule has 0 spiro atoms. The zero-order valence-electron chi connectivity index (χ0n) is 11.5. The number of nitrogens with one attached hydrogen (secondary N) is 1. The van der Waals surface area contributed by atoms with E-state index >= 15 is 0 Å². The van der Waals surface area contributed by atoms with Gasteiger partial charge >= 0.3 is 0 Å². The van der Waals surface area contributed by atoms with Crippen molar-refractivity contribution >= 4 is 50.6 Å². The number of rotatable bonds is 4. The average molecular weight is 382 g/mol. The van der Waals surface area contributed by atoms with Crippen molar-refractivity contribution in [2.75, 3.05) is 16.4 Å². The number of alkyl halides is 1. The van der Waals surface area contributed by atoms with Crippen LogP contribution in [0.2, 0.25) is 0 Å². The molecule has 0 bridgehead atoms. The van der Waals surface area contributed by atoms with Gasteiger partial charge in [0.05, 0.1) is 4.88 Å². The summed E-state index contributed by atoms with van der Waals surface area (Å²) in [6, 6.07) is 10.1. The lowest BCUT2D eigenvalue weighted by atomic mass is 10.1. The van der Waals surface area contributed by atoms with Crippen LogP contribution in [0.3, 0.4) is 0 Å². The van der Waals surface area contributed by atoms with Crippen LogP contribution in [0.1, 0.15) is 25.7 Å². The number of thioether (sulfide) groups is 1. The minimum atomic E-state index is 0.00708. The van der Waals surface area contributed by atoms with E-state index in [0.29, 0.717) is 0 Å². The van der Waals surface area contributed by atoms with E-state index in [1.165, 1.54) is 21.8 Å². The predicted molar refractivity (Wildman–Crippen MR) is 96.1 cm³/mol. The van der Waals surface area contributed by atoms with Crippen molar-refractivity contribution in [2.24, 2.45) is 0 Å². The predicted octanol–water partition coefficient (Wildman–Crippen LogP) is 4.73. The number of hydrogen-bond acceptors (Lipinski definition) is 3. The molecular formula is C16H16BrNOS2. The van der Waals surface area contributed by atoms with Crippen LogP contribution in [-0.4, -0.2) is 17.0 Å². The summed E-state index contributed by atoms with van der Waals surface area (Å²) < 4.78 is 0. The van der Waals surface area contributed by atoms with Gasteiger partial charge in [0.25, 0.3) is 5.91 Å². The topological polar surface area (TPSA) is 29.1 Å². The molecule has 1 amide bonds. The van der Waals surface area contributed by atoms with Gasteiger partial charge in [-0.25, -0.2) is 0 Å². The van der Waals surface area contributed by atoms with Crippen LogP contribution in [0.25, 0.3) is 0 Å². The van der Waals surface area contributed by atoms with Crippen LogP contribution in [0.5, 0.6) is 0 Å². The number of halogens is 1. The normalized spacial score (nSPS) is 13.8. The summed E-state index contributed by atoms with van der Waals surface area (Å²) in [6.45, 7) is 0. The number of amides is 1. The molecule has 2 nitrogen and oxygen atoms in total. The standard InChI is InChI=1S/C16H16BrNOS2/c17-7-5-11-1-3-13(4-2-11)18-16(19)15-9-12-10-20-8-6-14(12)21-15/h1-4,9H,5-8,10H2,(H,18,19). The Morgan fingerprint density at radius 3 is 2.81 bits per heavy atom. The number of carbonyl (C=O) groups is 1. The van der Waals surface area contributed by atoms with Crippen LogP contribution in [0.15, 0.2) is 30.3 Å².